The lowest BCUT2D eigenvalue weighted by Gasteiger charge is -2.27. The molecule has 1 fully saturated rings. The average Bonchev–Trinajstić information content (AvgIpc) is 2.99. The van der Waals surface area contributed by atoms with Crippen LogP contribution in [0.3, 0.4) is 0 Å². The van der Waals surface area contributed by atoms with E-state index in [4.69, 9.17) is 9.15 Å². The standard InChI is InChI=1S/C14H17N3O2/c1-14(2)9-18-10-17(14)8-12-15-16-13(19-12)11-6-4-3-5-7-11/h3-7H,8-10H2,1-2H3. The van der Waals surface area contributed by atoms with Gasteiger partial charge in [0.1, 0.15) is 6.73 Å². The third-order valence-electron chi connectivity index (χ3n) is 3.37. The van der Waals surface area contributed by atoms with Crippen molar-refractivity contribution in [1.82, 2.24) is 15.1 Å². The minimum absolute atomic E-state index is 0.0153. The molecule has 1 aliphatic heterocycles. The highest BCUT2D eigenvalue weighted by Gasteiger charge is 2.33. The molecular weight excluding hydrogens is 242 g/mol. The Morgan fingerprint density at radius 2 is 2.00 bits per heavy atom. The Kier molecular flexibility index (Phi) is 3.08. The molecule has 2 aromatic rings. The lowest BCUT2D eigenvalue weighted by Crippen LogP contribution is -2.39. The molecule has 1 aromatic heterocycles. The Balaban J connectivity index is 1.76. The zero-order valence-electron chi connectivity index (χ0n) is 11.2. The lowest BCUT2D eigenvalue weighted by molar-refractivity contribution is 0.116. The summed E-state index contributed by atoms with van der Waals surface area (Å²) in [6, 6.07) is 9.79. The fourth-order valence-corrected chi connectivity index (χ4v) is 2.11. The number of benzene rings is 1. The molecule has 0 unspecified atom stereocenters. The van der Waals surface area contributed by atoms with Crippen LogP contribution in [-0.4, -0.2) is 34.0 Å². The summed E-state index contributed by atoms with van der Waals surface area (Å²) in [5.74, 6) is 1.19. The van der Waals surface area contributed by atoms with Crippen LogP contribution in [0.2, 0.25) is 0 Å². The van der Waals surface area contributed by atoms with E-state index in [0.717, 1.165) is 12.2 Å². The maximum atomic E-state index is 5.71. The summed E-state index contributed by atoms with van der Waals surface area (Å²) in [5, 5.41) is 8.20. The van der Waals surface area contributed by atoms with E-state index < -0.39 is 0 Å². The monoisotopic (exact) mass is 259 g/mol. The van der Waals surface area contributed by atoms with Crippen LogP contribution in [0, 0.1) is 0 Å². The molecule has 0 atom stereocenters. The zero-order valence-corrected chi connectivity index (χ0v) is 11.2. The van der Waals surface area contributed by atoms with Gasteiger partial charge in [-0.3, -0.25) is 4.90 Å². The summed E-state index contributed by atoms with van der Waals surface area (Å²) in [6.45, 7) is 6.25. The van der Waals surface area contributed by atoms with Crippen LogP contribution in [-0.2, 0) is 11.3 Å². The minimum atomic E-state index is 0.0153. The zero-order chi connectivity index (χ0) is 13.3. The highest BCUT2D eigenvalue weighted by Crippen LogP contribution is 2.24. The van der Waals surface area contributed by atoms with Gasteiger partial charge in [0.05, 0.1) is 13.2 Å². The molecule has 0 saturated carbocycles. The third-order valence-corrected chi connectivity index (χ3v) is 3.37. The van der Waals surface area contributed by atoms with Crippen LogP contribution in [0.4, 0.5) is 0 Å². The largest absolute Gasteiger partial charge is 0.419 e. The first-order chi connectivity index (χ1) is 9.15. The first-order valence-corrected chi connectivity index (χ1v) is 6.36. The van der Waals surface area contributed by atoms with Crippen molar-refractivity contribution in [3.8, 4) is 11.5 Å². The summed E-state index contributed by atoms with van der Waals surface area (Å²) >= 11 is 0. The van der Waals surface area contributed by atoms with E-state index in [2.05, 4.69) is 28.9 Å². The van der Waals surface area contributed by atoms with Crippen LogP contribution in [0.25, 0.3) is 11.5 Å². The molecule has 1 aliphatic rings. The quantitative estimate of drug-likeness (QED) is 0.846. The SMILES string of the molecule is CC1(C)COCN1Cc1nnc(-c2ccccc2)o1. The Bertz CT molecular complexity index is 551. The van der Waals surface area contributed by atoms with Crippen molar-refractivity contribution < 1.29 is 9.15 Å². The normalized spacial score (nSPS) is 18.8. The highest BCUT2D eigenvalue weighted by molar-refractivity contribution is 5.51. The molecule has 5 heteroatoms. The molecule has 5 nitrogen and oxygen atoms in total. The predicted molar refractivity (Wildman–Crippen MR) is 70.2 cm³/mol. The van der Waals surface area contributed by atoms with Crippen LogP contribution in [0.5, 0.6) is 0 Å². The Hall–Kier alpha value is -1.72. The van der Waals surface area contributed by atoms with Gasteiger partial charge in [-0.15, -0.1) is 10.2 Å². The van der Waals surface area contributed by atoms with Gasteiger partial charge in [-0.25, -0.2) is 0 Å². The number of ether oxygens (including phenoxy) is 1. The number of rotatable bonds is 3. The fourth-order valence-electron chi connectivity index (χ4n) is 2.11. The summed E-state index contributed by atoms with van der Waals surface area (Å²) in [4.78, 5) is 2.19. The molecule has 100 valence electrons. The summed E-state index contributed by atoms with van der Waals surface area (Å²) in [5.41, 5.74) is 0.958. The molecule has 0 aliphatic carbocycles. The van der Waals surface area contributed by atoms with Gasteiger partial charge in [0, 0.05) is 11.1 Å². The van der Waals surface area contributed by atoms with Gasteiger partial charge in [0.15, 0.2) is 0 Å². The fraction of sp³-hybridized carbons (Fsp3) is 0.429. The Labute approximate surface area is 112 Å². The van der Waals surface area contributed by atoms with E-state index in [0.29, 0.717) is 25.1 Å². The number of hydrogen-bond acceptors (Lipinski definition) is 5. The maximum absolute atomic E-state index is 5.71. The maximum Gasteiger partial charge on any atom is 0.247 e. The van der Waals surface area contributed by atoms with Crippen LogP contribution >= 0.6 is 0 Å². The smallest absolute Gasteiger partial charge is 0.247 e. The second-order valence-corrected chi connectivity index (χ2v) is 5.35. The van der Waals surface area contributed by atoms with E-state index in [1.165, 1.54) is 0 Å². The van der Waals surface area contributed by atoms with Crippen molar-refractivity contribution in [2.45, 2.75) is 25.9 Å². The molecule has 0 bridgehead atoms. The van der Waals surface area contributed by atoms with Gasteiger partial charge in [0.25, 0.3) is 0 Å². The molecule has 0 N–H and O–H groups in total. The minimum Gasteiger partial charge on any atom is -0.419 e. The first-order valence-electron chi connectivity index (χ1n) is 6.36. The molecule has 3 rings (SSSR count). The van der Waals surface area contributed by atoms with Crippen molar-refractivity contribution in [3.05, 3.63) is 36.2 Å². The second-order valence-electron chi connectivity index (χ2n) is 5.35. The molecular formula is C14H17N3O2. The van der Waals surface area contributed by atoms with E-state index >= 15 is 0 Å². The van der Waals surface area contributed by atoms with Gasteiger partial charge < -0.3 is 9.15 Å². The van der Waals surface area contributed by atoms with Crippen molar-refractivity contribution >= 4 is 0 Å². The lowest BCUT2D eigenvalue weighted by atomic mass is 10.1. The average molecular weight is 259 g/mol. The van der Waals surface area contributed by atoms with E-state index in [1.54, 1.807) is 0 Å². The molecule has 0 spiro atoms. The highest BCUT2D eigenvalue weighted by atomic mass is 16.5. The van der Waals surface area contributed by atoms with E-state index in [9.17, 15) is 0 Å². The number of nitrogens with zero attached hydrogens (tertiary/aromatic N) is 3. The topological polar surface area (TPSA) is 51.4 Å². The van der Waals surface area contributed by atoms with Gasteiger partial charge in [-0.1, -0.05) is 18.2 Å². The van der Waals surface area contributed by atoms with E-state index in [-0.39, 0.29) is 5.54 Å². The van der Waals surface area contributed by atoms with Crippen molar-refractivity contribution in [1.29, 1.82) is 0 Å². The molecule has 1 saturated heterocycles. The summed E-state index contributed by atoms with van der Waals surface area (Å²) in [6.07, 6.45) is 0. The Morgan fingerprint density at radius 3 is 2.68 bits per heavy atom. The van der Waals surface area contributed by atoms with Crippen molar-refractivity contribution in [2.24, 2.45) is 0 Å². The number of hydrogen-bond donors (Lipinski definition) is 0. The second kappa shape index (κ2) is 4.75. The molecule has 2 heterocycles. The first kappa shape index (κ1) is 12.3. The van der Waals surface area contributed by atoms with E-state index in [1.807, 2.05) is 30.3 Å². The van der Waals surface area contributed by atoms with Crippen LogP contribution < -0.4 is 0 Å². The van der Waals surface area contributed by atoms with Crippen molar-refractivity contribution in [3.63, 3.8) is 0 Å². The third kappa shape index (κ3) is 2.52. The van der Waals surface area contributed by atoms with Crippen molar-refractivity contribution in [2.75, 3.05) is 13.3 Å². The summed E-state index contributed by atoms with van der Waals surface area (Å²) < 4.78 is 11.2. The molecule has 0 radical (unpaired) electrons. The molecule has 0 amide bonds. The predicted octanol–water partition coefficient (Wildman–Crippen LogP) is 2.30. The summed E-state index contributed by atoms with van der Waals surface area (Å²) in [7, 11) is 0. The van der Waals surface area contributed by atoms with Crippen LogP contribution in [0.1, 0.15) is 19.7 Å². The number of aromatic nitrogens is 2. The Morgan fingerprint density at radius 1 is 1.21 bits per heavy atom. The van der Waals surface area contributed by atoms with Gasteiger partial charge in [-0.05, 0) is 26.0 Å². The van der Waals surface area contributed by atoms with Gasteiger partial charge in [-0.2, -0.15) is 0 Å². The van der Waals surface area contributed by atoms with Gasteiger partial charge >= 0.3 is 0 Å². The molecule has 19 heavy (non-hydrogen) atoms. The molecule has 1 aromatic carbocycles. The van der Waals surface area contributed by atoms with Crippen LogP contribution in [0.15, 0.2) is 34.7 Å². The van der Waals surface area contributed by atoms with Gasteiger partial charge in [0.2, 0.25) is 11.8 Å².